The molecule has 9 heteroatoms. The smallest absolute Gasteiger partial charge is 0.266 e. The van der Waals surface area contributed by atoms with Crippen LogP contribution in [-0.4, -0.2) is 29.5 Å². The highest BCUT2D eigenvalue weighted by atomic mass is 19.1. The fourth-order valence-electron chi connectivity index (χ4n) is 3.43. The molecule has 0 aliphatic heterocycles. The number of para-hydroxylation sites is 1. The summed E-state index contributed by atoms with van der Waals surface area (Å²) in [7, 11) is 0. The predicted octanol–water partition coefficient (Wildman–Crippen LogP) is 3.36. The lowest BCUT2D eigenvalue weighted by atomic mass is 10.2. The molecule has 0 aliphatic rings. The van der Waals surface area contributed by atoms with Gasteiger partial charge in [0, 0.05) is 0 Å². The molecule has 8 nitrogen and oxygen atoms in total. The van der Waals surface area contributed by atoms with Gasteiger partial charge >= 0.3 is 0 Å². The van der Waals surface area contributed by atoms with Crippen LogP contribution in [-0.2, 0) is 0 Å². The van der Waals surface area contributed by atoms with Gasteiger partial charge in [0.05, 0.1) is 29.0 Å². The Labute approximate surface area is 169 Å². The summed E-state index contributed by atoms with van der Waals surface area (Å²) in [6.45, 7) is 1.87. The van der Waals surface area contributed by atoms with Gasteiger partial charge in [-0.25, -0.2) is 24.3 Å². The van der Waals surface area contributed by atoms with Crippen LogP contribution in [0.4, 0.5) is 10.2 Å². The Morgan fingerprint density at radius 2 is 1.93 bits per heavy atom. The molecule has 5 rings (SSSR count). The summed E-state index contributed by atoms with van der Waals surface area (Å²) in [5.41, 5.74) is 1.90. The Morgan fingerprint density at radius 3 is 2.77 bits per heavy atom. The van der Waals surface area contributed by atoms with Crippen LogP contribution >= 0.6 is 0 Å². The molecule has 0 fully saturated rings. The Bertz CT molecular complexity index is 1430. The lowest BCUT2D eigenvalue weighted by Gasteiger charge is -2.20. The zero-order valence-corrected chi connectivity index (χ0v) is 15.9. The maximum absolute atomic E-state index is 13.8. The normalized spacial score (nSPS) is 12.3. The van der Waals surface area contributed by atoms with Crippen molar-refractivity contribution in [2.45, 2.75) is 13.0 Å². The van der Waals surface area contributed by atoms with E-state index in [1.165, 1.54) is 35.4 Å². The number of benzene rings is 2. The van der Waals surface area contributed by atoms with Crippen molar-refractivity contribution < 1.29 is 4.39 Å². The van der Waals surface area contributed by atoms with Crippen molar-refractivity contribution in [3.05, 3.63) is 83.2 Å². The van der Waals surface area contributed by atoms with Gasteiger partial charge in [-0.15, -0.1) is 0 Å². The molecule has 0 radical (unpaired) electrons. The van der Waals surface area contributed by atoms with Crippen molar-refractivity contribution >= 4 is 27.9 Å². The monoisotopic (exact) mass is 401 g/mol. The summed E-state index contributed by atoms with van der Waals surface area (Å²) in [6.07, 6.45) is 2.97. The molecule has 0 aliphatic carbocycles. The maximum atomic E-state index is 13.8. The standard InChI is InChI=1S/C21H16FN7O/c1-12(27-19-17-18(24-10-23-17)25-11-26-19)20-28-16-8-7-13(22)9-15(16)21(30)29(20)14-5-3-2-4-6-14/h2-12H,1H3,(H2,23,24,25,26,27)/t12-/m1/s1. The van der Waals surface area contributed by atoms with Crippen molar-refractivity contribution in [3.8, 4) is 5.69 Å². The second-order valence-corrected chi connectivity index (χ2v) is 6.80. The fraction of sp³-hybridized carbons (Fsp3) is 0.0952. The third-order valence-corrected chi connectivity index (χ3v) is 4.83. The first-order valence-corrected chi connectivity index (χ1v) is 9.30. The van der Waals surface area contributed by atoms with Gasteiger partial charge < -0.3 is 10.3 Å². The molecule has 5 aromatic rings. The minimum atomic E-state index is -0.484. The van der Waals surface area contributed by atoms with Crippen molar-refractivity contribution in [2.24, 2.45) is 0 Å². The number of aromatic amines is 1. The summed E-state index contributed by atoms with van der Waals surface area (Å²) in [6, 6.07) is 12.7. The van der Waals surface area contributed by atoms with E-state index in [1.807, 2.05) is 25.1 Å². The highest BCUT2D eigenvalue weighted by Crippen LogP contribution is 2.23. The van der Waals surface area contributed by atoms with Crippen LogP contribution in [0, 0.1) is 5.82 Å². The third kappa shape index (κ3) is 2.96. The molecule has 0 amide bonds. The zero-order valence-electron chi connectivity index (χ0n) is 15.9. The fourth-order valence-corrected chi connectivity index (χ4v) is 3.43. The zero-order chi connectivity index (χ0) is 20.7. The van der Waals surface area contributed by atoms with E-state index in [0.29, 0.717) is 34.0 Å². The number of nitrogens with one attached hydrogen (secondary N) is 2. The number of halogens is 1. The van der Waals surface area contributed by atoms with E-state index in [1.54, 1.807) is 12.1 Å². The van der Waals surface area contributed by atoms with Crippen molar-refractivity contribution in [1.82, 2.24) is 29.5 Å². The minimum Gasteiger partial charge on any atom is -0.358 e. The molecule has 0 bridgehead atoms. The number of aromatic nitrogens is 6. The quantitative estimate of drug-likeness (QED) is 0.479. The van der Waals surface area contributed by atoms with Gasteiger partial charge in [-0.3, -0.25) is 9.36 Å². The number of nitrogens with zero attached hydrogens (tertiary/aromatic N) is 5. The molecule has 148 valence electrons. The summed E-state index contributed by atoms with van der Waals surface area (Å²) >= 11 is 0. The van der Waals surface area contributed by atoms with Crippen LogP contribution < -0.4 is 10.9 Å². The third-order valence-electron chi connectivity index (χ3n) is 4.83. The van der Waals surface area contributed by atoms with Crippen LogP contribution in [0.1, 0.15) is 18.8 Å². The molecule has 1 atom stereocenters. The van der Waals surface area contributed by atoms with Crippen LogP contribution in [0.3, 0.4) is 0 Å². The van der Waals surface area contributed by atoms with E-state index in [0.717, 1.165) is 0 Å². The number of imidazole rings is 1. The molecule has 2 aromatic carbocycles. The maximum Gasteiger partial charge on any atom is 0.266 e. The van der Waals surface area contributed by atoms with E-state index in [4.69, 9.17) is 0 Å². The van der Waals surface area contributed by atoms with E-state index >= 15 is 0 Å². The van der Waals surface area contributed by atoms with Crippen molar-refractivity contribution in [3.63, 3.8) is 0 Å². The SMILES string of the molecule is C[C@@H](Nc1ncnc2[nH]cnc12)c1nc2ccc(F)cc2c(=O)n1-c1ccccc1. The van der Waals surface area contributed by atoms with Crippen LogP contribution in [0.5, 0.6) is 0 Å². The number of fused-ring (bicyclic) bond motifs is 2. The first-order chi connectivity index (χ1) is 14.6. The Kier molecular flexibility index (Phi) is 4.20. The number of hydrogen-bond acceptors (Lipinski definition) is 6. The average molecular weight is 401 g/mol. The first kappa shape index (κ1) is 17.9. The second-order valence-electron chi connectivity index (χ2n) is 6.80. The van der Waals surface area contributed by atoms with Crippen LogP contribution in [0.15, 0.2) is 66.0 Å². The van der Waals surface area contributed by atoms with E-state index < -0.39 is 11.9 Å². The first-order valence-electron chi connectivity index (χ1n) is 9.30. The Morgan fingerprint density at radius 1 is 1.10 bits per heavy atom. The topological polar surface area (TPSA) is 101 Å². The van der Waals surface area contributed by atoms with Gasteiger partial charge in [0.15, 0.2) is 11.5 Å². The van der Waals surface area contributed by atoms with E-state index in [-0.39, 0.29) is 10.9 Å². The molecule has 30 heavy (non-hydrogen) atoms. The van der Waals surface area contributed by atoms with Crippen molar-refractivity contribution in [2.75, 3.05) is 5.32 Å². The highest BCUT2D eigenvalue weighted by Gasteiger charge is 2.20. The molecule has 0 spiro atoms. The Hall–Kier alpha value is -4.14. The summed E-state index contributed by atoms with van der Waals surface area (Å²) in [5.74, 6) is 0.497. The van der Waals surface area contributed by atoms with Gasteiger partial charge in [-0.1, -0.05) is 18.2 Å². The molecule has 0 saturated heterocycles. The lowest BCUT2D eigenvalue weighted by Crippen LogP contribution is -2.27. The molecular weight excluding hydrogens is 385 g/mol. The van der Waals surface area contributed by atoms with E-state index in [9.17, 15) is 9.18 Å². The van der Waals surface area contributed by atoms with Crippen LogP contribution in [0.25, 0.3) is 27.8 Å². The van der Waals surface area contributed by atoms with Gasteiger partial charge in [0.25, 0.3) is 5.56 Å². The summed E-state index contributed by atoms with van der Waals surface area (Å²) < 4.78 is 15.3. The number of anilines is 1. The Balaban J connectivity index is 1.70. The molecule has 3 heterocycles. The lowest BCUT2D eigenvalue weighted by molar-refractivity contribution is 0.629. The molecular formula is C21H16FN7O. The van der Waals surface area contributed by atoms with Gasteiger partial charge in [-0.05, 0) is 37.3 Å². The van der Waals surface area contributed by atoms with Crippen LogP contribution in [0.2, 0.25) is 0 Å². The molecule has 0 unspecified atom stereocenters. The van der Waals surface area contributed by atoms with Crippen molar-refractivity contribution in [1.29, 1.82) is 0 Å². The minimum absolute atomic E-state index is 0.214. The molecule has 2 N–H and O–H groups in total. The van der Waals surface area contributed by atoms with E-state index in [2.05, 4.69) is 30.2 Å². The molecule has 0 saturated carbocycles. The highest BCUT2D eigenvalue weighted by molar-refractivity contribution is 5.82. The van der Waals surface area contributed by atoms with Gasteiger partial charge in [-0.2, -0.15) is 0 Å². The number of H-pyrrole nitrogens is 1. The largest absolute Gasteiger partial charge is 0.358 e. The number of hydrogen-bond donors (Lipinski definition) is 2. The summed E-state index contributed by atoms with van der Waals surface area (Å²) in [4.78, 5) is 33.6. The second kappa shape index (κ2) is 7.03. The van der Waals surface area contributed by atoms with Gasteiger partial charge in [0.1, 0.15) is 23.5 Å². The predicted molar refractivity (Wildman–Crippen MR) is 111 cm³/mol. The average Bonchev–Trinajstić information content (AvgIpc) is 3.24. The summed E-state index contributed by atoms with van der Waals surface area (Å²) in [5, 5.41) is 3.49. The molecule has 3 aromatic heterocycles. The van der Waals surface area contributed by atoms with Gasteiger partial charge in [0.2, 0.25) is 0 Å². The number of rotatable bonds is 4.